The van der Waals surface area contributed by atoms with E-state index in [1.807, 2.05) is 5.38 Å². The molecule has 0 amide bonds. The lowest BCUT2D eigenvalue weighted by atomic mass is 9.95. The van der Waals surface area contributed by atoms with Crippen molar-refractivity contribution in [2.75, 3.05) is 10.7 Å². The Morgan fingerprint density at radius 2 is 1.76 bits per heavy atom. The van der Waals surface area contributed by atoms with Gasteiger partial charge in [0.1, 0.15) is 22.5 Å². The second kappa shape index (κ2) is 5.57. The highest BCUT2D eigenvalue weighted by Gasteiger charge is 2.25. The number of aromatic nitrogens is 3. The summed E-state index contributed by atoms with van der Waals surface area (Å²) in [5.74, 6) is 7.56. The van der Waals surface area contributed by atoms with Gasteiger partial charge in [-0.05, 0) is 13.8 Å². The van der Waals surface area contributed by atoms with Gasteiger partial charge in [-0.1, -0.05) is 20.8 Å². The van der Waals surface area contributed by atoms with E-state index in [2.05, 4.69) is 60.3 Å². The fourth-order valence-corrected chi connectivity index (χ4v) is 2.54. The van der Waals surface area contributed by atoms with E-state index in [0.717, 1.165) is 16.6 Å². The molecule has 2 aromatic heterocycles. The van der Waals surface area contributed by atoms with E-state index < -0.39 is 0 Å². The summed E-state index contributed by atoms with van der Waals surface area (Å²) in [5.41, 5.74) is 2.12. The summed E-state index contributed by atoms with van der Waals surface area (Å²) in [6.45, 7) is 10.3. The monoisotopic (exact) mass is 306 g/mol. The highest BCUT2D eigenvalue weighted by atomic mass is 32.1. The number of hydrazine groups is 1. The third-order valence-electron chi connectivity index (χ3n) is 2.95. The predicted octanol–water partition coefficient (Wildman–Crippen LogP) is 2.86. The van der Waals surface area contributed by atoms with Gasteiger partial charge in [-0.25, -0.2) is 20.8 Å². The predicted molar refractivity (Wildman–Crippen MR) is 87.3 cm³/mol. The van der Waals surface area contributed by atoms with Gasteiger partial charge in [0, 0.05) is 23.1 Å². The van der Waals surface area contributed by atoms with Crippen molar-refractivity contribution in [3.63, 3.8) is 0 Å². The van der Waals surface area contributed by atoms with Crippen LogP contribution in [0.1, 0.15) is 45.5 Å². The zero-order valence-electron chi connectivity index (χ0n) is 13.1. The highest BCUT2D eigenvalue weighted by molar-refractivity contribution is 7.09. The van der Waals surface area contributed by atoms with Gasteiger partial charge < -0.3 is 10.7 Å². The molecule has 0 unspecified atom stereocenters. The molecular formula is C14H22N6S. The van der Waals surface area contributed by atoms with E-state index >= 15 is 0 Å². The van der Waals surface area contributed by atoms with Crippen molar-refractivity contribution in [3.8, 4) is 0 Å². The van der Waals surface area contributed by atoms with Crippen molar-refractivity contribution in [2.45, 2.75) is 45.6 Å². The summed E-state index contributed by atoms with van der Waals surface area (Å²) in [6.07, 6.45) is 1.80. The number of rotatable bonds is 4. The molecule has 7 heteroatoms. The van der Waals surface area contributed by atoms with Gasteiger partial charge in [0.2, 0.25) is 0 Å². The molecule has 2 heterocycles. The quantitative estimate of drug-likeness (QED) is 0.594. The van der Waals surface area contributed by atoms with E-state index in [9.17, 15) is 0 Å². The third kappa shape index (κ3) is 3.68. The van der Waals surface area contributed by atoms with E-state index in [1.54, 1.807) is 23.6 Å². The molecule has 0 saturated carbocycles. The number of hydrogen-bond acceptors (Lipinski definition) is 7. The number of nitrogen functional groups attached to an aromatic ring is 1. The fraction of sp³-hybridized carbons (Fsp3) is 0.500. The van der Waals surface area contributed by atoms with E-state index in [4.69, 9.17) is 5.84 Å². The molecule has 0 aliphatic heterocycles. The Labute approximate surface area is 129 Å². The largest absolute Gasteiger partial charge is 0.359 e. The molecule has 0 atom stereocenters. The maximum absolute atomic E-state index is 5.51. The highest BCUT2D eigenvalue weighted by Crippen LogP contribution is 2.28. The fourth-order valence-electron chi connectivity index (χ4n) is 1.83. The smallest absolute Gasteiger partial charge is 0.145 e. The number of nitrogens with zero attached hydrogens (tertiary/aromatic N) is 3. The van der Waals surface area contributed by atoms with Crippen LogP contribution in [0.3, 0.4) is 0 Å². The maximum atomic E-state index is 5.51. The first-order valence-electron chi connectivity index (χ1n) is 6.77. The molecule has 0 spiro atoms. The van der Waals surface area contributed by atoms with E-state index in [0.29, 0.717) is 5.82 Å². The van der Waals surface area contributed by atoms with Crippen LogP contribution in [0.15, 0.2) is 17.6 Å². The summed E-state index contributed by atoms with van der Waals surface area (Å²) in [7, 11) is 0. The number of thiazole rings is 1. The molecule has 4 N–H and O–H groups in total. The molecular weight excluding hydrogens is 284 g/mol. The van der Waals surface area contributed by atoms with Crippen molar-refractivity contribution >= 4 is 23.0 Å². The summed E-state index contributed by atoms with van der Waals surface area (Å²) < 4.78 is 0. The van der Waals surface area contributed by atoms with Crippen molar-refractivity contribution in [1.82, 2.24) is 15.0 Å². The Kier molecular flexibility index (Phi) is 4.15. The summed E-state index contributed by atoms with van der Waals surface area (Å²) in [6, 6.07) is 1.80. The molecule has 2 aromatic rings. The number of nitrogens with two attached hydrogens (primary N) is 1. The molecule has 0 fully saturated rings. The Hall–Kier alpha value is -1.73. The standard InChI is InChI=1S/C14H22N6S/c1-13(2,3)11-17-9(8-10(18-11)20-15)19-14(4,5)12-16-6-7-21-12/h6-8H,15H2,1-5H3,(H2,17,18,19,20). The normalized spacial score (nSPS) is 12.3. The molecule has 0 aromatic carbocycles. The number of nitrogens with one attached hydrogen (secondary N) is 2. The Morgan fingerprint density at radius 1 is 1.10 bits per heavy atom. The average Bonchev–Trinajstić information content (AvgIpc) is 2.91. The van der Waals surface area contributed by atoms with Crippen LogP contribution in [0.4, 0.5) is 11.6 Å². The number of anilines is 2. The van der Waals surface area contributed by atoms with Gasteiger partial charge in [0.25, 0.3) is 0 Å². The van der Waals surface area contributed by atoms with Crippen molar-refractivity contribution < 1.29 is 0 Å². The van der Waals surface area contributed by atoms with Crippen LogP contribution in [0, 0.1) is 0 Å². The maximum Gasteiger partial charge on any atom is 0.145 e. The zero-order chi connectivity index (χ0) is 15.7. The zero-order valence-corrected chi connectivity index (χ0v) is 13.9. The van der Waals surface area contributed by atoms with Gasteiger partial charge in [-0.2, -0.15) is 0 Å². The number of hydrogen-bond donors (Lipinski definition) is 3. The third-order valence-corrected chi connectivity index (χ3v) is 4.05. The van der Waals surface area contributed by atoms with Crippen molar-refractivity contribution in [2.24, 2.45) is 5.84 Å². The second-order valence-corrected chi connectivity index (χ2v) is 7.34. The Balaban J connectivity index is 2.36. The Bertz CT molecular complexity index is 600. The minimum absolute atomic E-state index is 0.158. The minimum Gasteiger partial charge on any atom is -0.359 e. The molecule has 6 nitrogen and oxygen atoms in total. The summed E-state index contributed by atoms with van der Waals surface area (Å²) in [5, 5.41) is 6.37. The summed E-state index contributed by atoms with van der Waals surface area (Å²) in [4.78, 5) is 13.4. The van der Waals surface area contributed by atoms with E-state index in [1.165, 1.54) is 0 Å². The van der Waals surface area contributed by atoms with Crippen LogP contribution in [0.25, 0.3) is 0 Å². The average molecular weight is 306 g/mol. The van der Waals surface area contributed by atoms with E-state index in [-0.39, 0.29) is 11.0 Å². The first-order valence-corrected chi connectivity index (χ1v) is 7.65. The Morgan fingerprint density at radius 3 is 2.29 bits per heavy atom. The van der Waals surface area contributed by atoms with Crippen LogP contribution in [0.5, 0.6) is 0 Å². The van der Waals surface area contributed by atoms with Crippen molar-refractivity contribution in [1.29, 1.82) is 0 Å². The van der Waals surface area contributed by atoms with Gasteiger partial charge in [0.15, 0.2) is 0 Å². The second-order valence-electron chi connectivity index (χ2n) is 6.44. The molecule has 0 aliphatic rings. The molecule has 21 heavy (non-hydrogen) atoms. The first kappa shape index (κ1) is 15.7. The lowest BCUT2D eigenvalue weighted by Crippen LogP contribution is -2.29. The lowest BCUT2D eigenvalue weighted by molar-refractivity contribution is 0.542. The topological polar surface area (TPSA) is 88.8 Å². The SMILES string of the molecule is CC(C)(C)c1nc(NN)cc(NC(C)(C)c2nccs2)n1. The van der Waals surface area contributed by atoms with Gasteiger partial charge >= 0.3 is 0 Å². The lowest BCUT2D eigenvalue weighted by Gasteiger charge is -2.26. The molecule has 0 saturated heterocycles. The molecule has 0 aliphatic carbocycles. The molecule has 2 rings (SSSR count). The van der Waals surface area contributed by atoms with Gasteiger partial charge in [-0.3, -0.25) is 0 Å². The molecule has 0 bridgehead atoms. The summed E-state index contributed by atoms with van der Waals surface area (Å²) >= 11 is 1.61. The van der Waals surface area contributed by atoms with Gasteiger partial charge in [0.05, 0.1) is 5.54 Å². The minimum atomic E-state index is -0.316. The van der Waals surface area contributed by atoms with Crippen LogP contribution in [-0.4, -0.2) is 15.0 Å². The van der Waals surface area contributed by atoms with Crippen LogP contribution in [0.2, 0.25) is 0 Å². The van der Waals surface area contributed by atoms with Crippen LogP contribution >= 0.6 is 11.3 Å². The molecule has 114 valence electrons. The first-order chi connectivity index (χ1) is 9.72. The molecule has 0 radical (unpaired) electrons. The van der Waals surface area contributed by atoms with Crippen LogP contribution in [-0.2, 0) is 11.0 Å². The van der Waals surface area contributed by atoms with Crippen LogP contribution < -0.4 is 16.6 Å². The van der Waals surface area contributed by atoms with Gasteiger partial charge in [-0.15, -0.1) is 11.3 Å². The van der Waals surface area contributed by atoms with Crippen molar-refractivity contribution in [3.05, 3.63) is 28.5 Å².